The van der Waals surface area contributed by atoms with Crippen LogP contribution in [0.4, 0.5) is 8.78 Å². The maximum Gasteiger partial charge on any atom is 0.186 e. The third-order valence-corrected chi connectivity index (χ3v) is 4.67. The second kappa shape index (κ2) is 5.81. The molecule has 0 spiro atoms. The van der Waals surface area contributed by atoms with E-state index in [-0.39, 0.29) is 11.3 Å². The van der Waals surface area contributed by atoms with Crippen molar-refractivity contribution in [2.24, 2.45) is 0 Å². The van der Waals surface area contributed by atoms with Gasteiger partial charge in [-0.15, -0.1) is 0 Å². The zero-order valence-electron chi connectivity index (χ0n) is 11.9. The Morgan fingerprint density at radius 2 is 1.81 bits per heavy atom. The molecule has 3 nitrogen and oxygen atoms in total. The van der Waals surface area contributed by atoms with Gasteiger partial charge in [-0.3, -0.25) is 9.69 Å². The molecule has 1 aromatic carbocycles. The standard InChI is InChI=1S/C16H19F2NO2/c17-13-5-3-4-12(14(13)18)15(20)16(6-1-2-7-16)19-8-10-21-11-9-19/h3-5H,1-2,6-11H2. The van der Waals surface area contributed by atoms with Gasteiger partial charge in [0.15, 0.2) is 17.4 Å². The average molecular weight is 295 g/mol. The van der Waals surface area contributed by atoms with Crippen molar-refractivity contribution in [3.63, 3.8) is 0 Å². The van der Waals surface area contributed by atoms with Crippen molar-refractivity contribution in [1.82, 2.24) is 4.90 Å². The summed E-state index contributed by atoms with van der Waals surface area (Å²) in [6.45, 7) is 2.51. The normalized spacial score (nSPS) is 22.4. The van der Waals surface area contributed by atoms with Gasteiger partial charge in [0.25, 0.3) is 0 Å². The molecule has 0 aromatic heterocycles. The highest BCUT2D eigenvalue weighted by Crippen LogP contribution is 2.39. The summed E-state index contributed by atoms with van der Waals surface area (Å²) in [4.78, 5) is 15.1. The first-order chi connectivity index (χ1) is 10.1. The molecule has 0 unspecified atom stereocenters. The van der Waals surface area contributed by atoms with Crippen molar-refractivity contribution in [1.29, 1.82) is 0 Å². The topological polar surface area (TPSA) is 29.5 Å². The van der Waals surface area contributed by atoms with Gasteiger partial charge in [0.2, 0.25) is 0 Å². The molecule has 1 heterocycles. The van der Waals surface area contributed by atoms with E-state index in [1.54, 1.807) is 0 Å². The highest BCUT2D eigenvalue weighted by atomic mass is 19.2. The van der Waals surface area contributed by atoms with E-state index in [0.29, 0.717) is 39.1 Å². The highest BCUT2D eigenvalue weighted by Gasteiger charge is 2.47. The SMILES string of the molecule is O=C(c1cccc(F)c1F)C1(N2CCOCC2)CCCC1. The third kappa shape index (κ3) is 2.49. The van der Waals surface area contributed by atoms with Crippen LogP contribution in [0, 0.1) is 11.6 Å². The first-order valence-corrected chi connectivity index (χ1v) is 7.47. The van der Waals surface area contributed by atoms with Crippen molar-refractivity contribution in [2.45, 2.75) is 31.2 Å². The van der Waals surface area contributed by atoms with E-state index in [9.17, 15) is 13.6 Å². The summed E-state index contributed by atoms with van der Waals surface area (Å²) >= 11 is 0. The van der Waals surface area contributed by atoms with Gasteiger partial charge in [0.05, 0.1) is 24.3 Å². The summed E-state index contributed by atoms with van der Waals surface area (Å²) in [7, 11) is 0. The lowest BCUT2D eigenvalue weighted by Crippen LogP contribution is -2.56. The van der Waals surface area contributed by atoms with Crippen LogP contribution in [-0.2, 0) is 4.74 Å². The van der Waals surface area contributed by atoms with Crippen LogP contribution in [0.2, 0.25) is 0 Å². The Morgan fingerprint density at radius 3 is 2.48 bits per heavy atom. The Balaban J connectivity index is 1.96. The molecule has 3 rings (SSSR count). The number of hydrogen-bond acceptors (Lipinski definition) is 3. The number of Topliss-reactive ketones (excluding diaryl/α,β-unsaturated/α-hetero) is 1. The fourth-order valence-corrected chi connectivity index (χ4v) is 3.57. The summed E-state index contributed by atoms with van der Waals surface area (Å²) in [5.74, 6) is -2.27. The monoisotopic (exact) mass is 295 g/mol. The quantitative estimate of drug-likeness (QED) is 0.803. The predicted molar refractivity (Wildman–Crippen MR) is 74.3 cm³/mol. The summed E-state index contributed by atoms with van der Waals surface area (Å²) in [6.07, 6.45) is 3.31. The van der Waals surface area contributed by atoms with Crippen molar-refractivity contribution >= 4 is 5.78 Å². The molecule has 0 radical (unpaired) electrons. The third-order valence-electron chi connectivity index (χ3n) is 4.67. The number of morpholine rings is 1. The first-order valence-electron chi connectivity index (χ1n) is 7.47. The number of benzene rings is 1. The van der Waals surface area contributed by atoms with Crippen molar-refractivity contribution in [3.8, 4) is 0 Å². The second-order valence-corrected chi connectivity index (χ2v) is 5.77. The fraction of sp³-hybridized carbons (Fsp3) is 0.562. The van der Waals surface area contributed by atoms with Gasteiger partial charge in [0, 0.05) is 13.1 Å². The molecule has 1 aliphatic carbocycles. The number of rotatable bonds is 3. The predicted octanol–water partition coefficient (Wildman–Crippen LogP) is 2.79. The van der Waals surface area contributed by atoms with E-state index in [4.69, 9.17) is 4.74 Å². The van der Waals surface area contributed by atoms with Crippen LogP contribution in [0.3, 0.4) is 0 Å². The number of carbonyl (C=O) groups excluding carboxylic acids is 1. The number of ketones is 1. The van der Waals surface area contributed by atoms with Gasteiger partial charge in [-0.05, 0) is 25.0 Å². The van der Waals surface area contributed by atoms with Crippen molar-refractivity contribution in [2.75, 3.05) is 26.3 Å². The van der Waals surface area contributed by atoms with E-state index in [1.165, 1.54) is 12.1 Å². The van der Waals surface area contributed by atoms with E-state index >= 15 is 0 Å². The molecule has 1 saturated heterocycles. The van der Waals surface area contributed by atoms with Crippen LogP contribution < -0.4 is 0 Å². The molecule has 5 heteroatoms. The Morgan fingerprint density at radius 1 is 1.14 bits per heavy atom. The Hall–Kier alpha value is -1.33. The fourth-order valence-electron chi connectivity index (χ4n) is 3.57. The first kappa shape index (κ1) is 14.6. The Bertz CT molecular complexity index is 535. The molecule has 0 amide bonds. The van der Waals surface area contributed by atoms with Crippen molar-refractivity contribution < 1.29 is 18.3 Å². The summed E-state index contributed by atoms with van der Waals surface area (Å²) in [5, 5.41) is 0. The maximum atomic E-state index is 14.0. The van der Waals surface area contributed by atoms with Crippen LogP contribution >= 0.6 is 0 Å². The molecule has 2 aliphatic rings. The summed E-state index contributed by atoms with van der Waals surface area (Å²) in [6, 6.07) is 3.83. The molecular formula is C16H19F2NO2. The largest absolute Gasteiger partial charge is 0.379 e. The van der Waals surface area contributed by atoms with Crippen molar-refractivity contribution in [3.05, 3.63) is 35.4 Å². The van der Waals surface area contributed by atoms with E-state index in [1.807, 2.05) is 0 Å². The van der Waals surface area contributed by atoms with Gasteiger partial charge < -0.3 is 4.74 Å². The highest BCUT2D eigenvalue weighted by molar-refractivity contribution is 6.03. The summed E-state index contributed by atoms with van der Waals surface area (Å²) in [5.41, 5.74) is -0.804. The van der Waals surface area contributed by atoms with Gasteiger partial charge in [0.1, 0.15) is 0 Å². The van der Waals surface area contributed by atoms with Crippen LogP contribution in [0.25, 0.3) is 0 Å². The van der Waals surface area contributed by atoms with Gasteiger partial charge in [-0.25, -0.2) is 8.78 Å². The van der Waals surface area contributed by atoms with Crippen LogP contribution in [0.15, 0.2) is 18.2 Å². The Kier molecular flexibility index (Phi) is 4.04. The van der Waals surface area contributed by atoms with Crippen LogP contribution in [0.5, 0.6) is 0 Å². The number of halogens is 2. The van der Waals surface area contributed by atoms with Gasteiger partial charge in [-0.1, -0.05) is 18.9 Å². The number of carbonyl (C=O) groups is 1. The van der Waals surface area contributed by atoms with Crippen LogP contribution in [0.1, 0.15) is 36.0 Å². The lowest BCUT2D eigenvalue weighted by atomic mass is 9.85. The van der Waals surface area contributed by atoms with Crippen LogP contribution in [-0.4, -0.2) is 42.5 Å². The average Bonchev–Trinajstić information content (AvgIpc) is 3.01. The minimum atomic E-state index is -1.03. The maximum absolute atomic E-state index is 14.0. The molecule has 1 aromatic rings. The molecule has 0 N–H and O–H groups in total. The summed E-state index contributed by atoms with van der Waals surface area (Å²) < 4.78 is 32.8. The number of ether oxygens (including phenoxy) is 1. The molecule has 0 atom stereocenters. The van der Waals surface area contributed by atoms with Gasteiger partial charge in [-0.2, -0.15) is 0 Å². The smallest absolute Gasteiger partial charge is 0.186 e. The number of nitrogens with zero attached hydrogens (tertiary/aromatic N) is 1. The molecule has 2 fully saturated rings. The zero-order chi connectivity index (χ0) is 14.9. The second-order valence-electron chi connectivity index (χ2n) is 5.77. The lowest BCUT2D eigenvalue weighted by molar-refractivity contribution is -0.0132. The van der Waals surface area contributed by atoms with E-state index < -0.39 is 17.2 Å². The molecule has 21 heavy (non-hydrogen) atoms. The lowest BCUT2D eigenvalue weighted by Gasteiger charge is -2.42. The molecular weight excluding hydrogens is 276 g/mol. The zero-order valence-corrected chi connectivity index (χ0v) is 11.9. The number of hydrogen-bond donors (Lipinski definition) is 0. The molecule has 1 saturated carbocycles. The molecule has 114 valence electrons. The minimum Gasteiger partial charge on any atom is -0.379 e. The minimum absolute atomic E-state index is 0.122. The molecule has 0 bridgehead atoms. The van der Waals surface area contributed by atoms with E-state index in [2.05, 4.69) is 4.90 Å². The van der Waals surface area contributed by atoms with Gasteiger partial charge >= 0.3 is 0 Å². The van der Waals surface area contributed by atoms with E-state index in [0.717, 1.165) is 18.9 Å². The molecule has 1 aliphatic heterocycles. The Labute approximate surface area is 122 Å².